The second-order valence-electron chi connectivity index (χ2n) is 6.36. The number of ether oxygens (including phenoxy) is 1. The van der Waals surface area contributed by atoms with Crippen LogP contribution in [0.25, 0.3) is 0 Å². The van der Waals surface area contributed by atoms with E-state index in [4.69, 9.17) is 11.2 Å². The summed E-state index contributed by atoms with van der Waals surface area (Å²) in [4.78, 5) is 12.0. The van der Waals surface area contributed by atoms with Gasteiger partial charge in [-0.1, -0.05) is 45.8 Å². The third kappa shape index (κ3) is 6.72. The predicted octanol–water partition coefficient (Wildman–Crippen LogP) is 3.92. The molecule has 0 spiro atoms. The number of terminal acetylenes is 1. The van der Waals surface area contributed by atoms with Gasteiger partial charge in [0.25, 0.3) is 0 Å². The topological polar surface area (TPSA) is 46.5 Å². The van der Waals surface area contributed by atoms with Crippen LogP contribution in [0.5, 0.6) is 0 Å². The number of hydrogen-bond donors (Lipinski definition) is 1. The van der Waals surface area contributed by atoms with Crippen molar-refractivity contribution in [2.24, 2.45) is 11.3 Å². The lowest BCUT2D eigenvalue weighted by Gasteiger charge is -2.32. The van der Waals surface area contributed by atoms with Gasteiger partial charge in [0.15, 0.2) is 0 Å². The number of hydrogen-bond acceptors (Lipinski definition) is 3. The van der Waals surface area contributed by atoms with Crippen molar-refractivity contribution >= 4 is 5.78 Å². The van der Waals surface area contributed by atoms with E-state index in [0.717, 1.165) is 17.6 Å². The first-order valence-corrected chi connectivity index (χ1v) is 8.38. The Morgan fingerprint density at radius 2 is 2.04 bits per heavy atom. The molecule has 0 saturated heterocycles. The third-order valence-corrected chi connectivity index (χ3v) is 4.12. The summed E-state index contributed by atoms with van der Waals surface area (Å²) in [7, 11) is 1.64. The summed E-state index contributed by atoms with van der Waals surface area (Å²) in [5.74, 6) is 3.33. The molecule has 3 nitrogen and oxygen atoms in total. The Morgan fingerprint density at radius 3 is 2.43 bits per heavy atom. The predicted molar refractivity (Wildman–Crippen MR) is 96.1 cm³/mol. The van der Waals surface area contributed by atoms with E-state index in [9.17, 15) is 9.90 Å². The van der Waals surface area contributed by atoms with E-state index in [-0.39, 0.29) is 18.8 Å². The zero-order valence-electron chi connectivity index (χ0n) is 15.3. The maximum Gasteiger partial charge on any atom is 0.133 e. The molecule has 0 bridgehead atoms. The molecule has 0 aliphatic rings. The number of allylic oxidation sites excluding steroid dienone is 2. The molecule has 0 heterocycles. The lowest BCUT2D eigenvalue weighted by Crippen LogP contribution is -2.31. The van der Waals surface area contributed by atoms with E-state index in [1.54, 1.807) is 7.11 Å². The van der Waals surface area contributed by atoms with Crippen LogP contribution in [0.1, 0.15) is 53.4 Å². The summed E-state index contributed by atoms with van der Waals surface area (Å²) in [6, 6.07) is 0. The van der Waals surface area contributed by atoms with Crippen LogP contribution in [0, 0.1) is 23.7 Å². The van der Waals surface area contributed by atoms with Crippen LogP contribution in [-0.2, 0) is 9.53 Å². The smallest absolute Gasteiger partial charge is 0.133 e. The van der Waals surface area contributed by atoms with Crippen molar-refractivity contribution in [3.63, 3.8) is 0 Å². The molecule has 0 rings (SSSR count). The molecular formula is C20H32O3. The largest absolute Gasteiger partial charge is 0.395 e. The molecule has 23 heavy (non-hydrogen) atoms. The molecule has 3 heteroatoms. The van der Waals surface area contributed by atoms with Crippen LogP contribution >= 0.6 is 0 Å². The van der Waals surface area contributed by atoms with Crippen molar-refractivity contribution in [2.75, 3.05) is 20.3 Å². The Bertz CT molecular complexity index is 460. The summed E-state index contributed by atoms with van der Waals surface area (Å²) < 4.78 is 5.07. The van der Waals surface area contributed by atoms with Crippen molar-refractivity contribution in [1.29, 1.82) is 0 Å². The molecule has 0 aromatic heterocycles. The fourth-order valence-electron chi connectivity index (χ4n) is 2.71. The molecule has 0 aliphatic carbocycles. The Balaban J connectivity index is 6.01. The highest BCUT2D eigenvalue weighted by molar-refractivity contribution is 5.79. The summed E-state index contributed by atoms with van der Waals surface area (Å²) >= 11 is 0. The Hall–Kier alpha value is -1.37. The quantitative estimate of drug-likeness (QED) is 0.463. The standard InChI is InChI=1S/C20H32O3/c1-7-18(22)14-20(9-3,15-21)19(8-2)17(13-16(4)5)11-10-12-23-6/h2,10-11,16,21H,7,9,12-15H2,1,3-6H3/b11-10-,19-17-. The maximum atomic E-state index is 12.0. The molecule has 0 saturated carbocycles. The molecule has 130 valence electrons. The van der Waals surface area contributed by atoms with Gasteiger partial charge in [-0.2, -0.15) is 0 Å². The number of aliphatic hydroxyl groups excluding tert-OH is 1. The number of aliphatic hydroxyl groups is 1. The minimum atomic E-state index is -0.663. The fourth-order valence-corrected chi connectivity index (χ4v) is 2.71. The van der Waals surface area contributed by atoms with Crippen LogP contribution in [0.2, 0.25) is 0 Å². The van der Waals surface area contributed by atoms with Crippen LogP contribution in [0.3, 0.4) is 0 Å². The lowest BCUT2D eigenvalue weighted by atomic mass is 9.71. The molecule has 1 atom stereocenters. The minimum Gasteiger partial charge on any atom is -0.395 e. The van der Waals surface area contributed by atoms with E-state index in [2.05, 4.69) is 19.8 Å². The van der Waals surface area contributed by atoms with Crippen LogP contribution in [0.4, 0.5) is 0 Å². The van der Waals surface area contributed by atoms with Gasteiger partial charge in [-0.25, -0.2) is 0 Å². The molecule has 1 N–H and O–H groups in total. The first-order valence-electron chi connectivity index (χ1n) is 8.38. The van der Waals surface area contributed by atoms with Gasteiger partial charge in [0.2, 0.25) is 0 Å². The van der Waals surface area contributed by atoms with Gasteiger partial charge in [-0.15, -0.1) is 6.42 Å². The average molecular weight is 320 g/mol. The molecule has 0 aliphatic heterocycles. The number of ketones is 1. The Labute approximate surface area is 141 Å². The highest BCUT2D eigenvalue weighted by atomic mass is 16.5. The number of carbonyl (C=O) groups is 1. The minimum absolute atomic E-state index is 0.117. The second kappa shape index (κ2) is 11.2. The normalized spacial score (nSPS) is 15.4. The number of rotatable bonds is 11. The second-order valence-corrected chi connectivity index (χ2v) is 6.36. The van der Waals surface area contributed by atoms with Crippen LogP contribution in [-0.4, -0.2) is 31.2 Å². The summed E-state index contributed by atoms with van der Waals surface area (Å²) in [6.07, 6.45) is 11.9. The maximum absolute atomic E-state index is 12.0. The third-order valence-electron chi connectivity index (χ3n) is 4.12. The zero-order valence-corrected chi connectivity index (χ0v) is 15.3. The Kier molecular flexibility index (Phi) is 10.5. The average Bonchev–Trinajstić information content (AvgIpc) is 2.53. The first-order chi connectivity index (χ1) is 10.9. The van der Waals surface area contributed by atoms with Crippen molar-refractivity contribution in [1.82, 2.24) is 0 Å². The molecule has 0 aromatic rings. The fraction of sp³-hybridized carbons (Fsp3) is 0.650. The molecular weight excluding hydrogens is 288 g/mol. The number of methoxy groups -OCH3 is 1. The lowest BCUT2D eigenvalue weighted by molar-refractivity contribution is -0.121. The molecule has 0 amide bonds. The van der Waals surface area contributed by atoms with Crippen molar-refractivity contribution in [2.45, 2.75) is 53.4 Å². The van der Waals surface area contributed by atoms with E-state index >= 15 is 0 Å². The van der Waals surface area contributed by atoms with Crippen molar-refractivity contribution in [3.8, 4) is 12.3 Å². The zero-order chi connectivity index (χ0) is 17.9. The van der Waals surface area contributed by atoms with Gasteiger partial charge in [0.1, 0.15) is 5.78 Å². The van der Waals surface area contributed by atoms with Crippen LogP contribution < -0.4 is 0 Å². The molecule has 1 unspecified atom stereocenters. The summed E-state index contributed by atoms with van der Waals surface area (Å²) in [5, 5.41) is 10.0. The van der Waals surface area contributed by atoms with Gasteiger partial charge in [0, 0.05) is 30.9 Å². The molecule has 0 radical (unpaired) electrons. The van der Waals surface area contributed by atoms with Gasteiger partial charge in [0.05, 0.1) is 13.2 Å². The number of carbonyl (C=O) groups excluding carboxylic acids is 1. The summed E-state index contributed by atoms with van der Waals surface area (Å²) in [6.45, 7) is 8.46. The molecule has 0 aromatic carbocycles. The first kappa shape index (κ1) is 21.6. The van der Waals surface area contributed by atoms with E-state index in [1.165, 1.54) is 0 Å². The van der Waals surface area contributed by atoms with E-state index in [1.807, 2.05) is 26.0 Å². The van der Waals surface area contributed by atoms with Gasteiger partial charge < -0.3 is 9.84 Å². The van der Waals surface area contributed by atoms with Gasteiger partial charge in [-0.3, -0.25) is 4.79 Å². The van der Waals surface area contributed by atoms with Crippen molar-refractivity contribution in [3.05, 3.63) is 23.3 Å². The van der Waals surface area contributed by atoms with E-state index < -0.39 is 5.41 Å². The monoisotopic (exact) mass is 320 g/mol. The SMILES string of the molecule is C#C/C(=C(\C=C/COC)CC(C)C)C(CC)(CO)CC(=O)CC. The number of Topliss-reactive ketones (excluding diaryl/α,β-unsaturated/α-hetero) is 1. The van der Waals surface area contributed by atoms with E-state index in [0.29, 0.717) is 25.4 Å². The van der Waals surface area contributed by atoms with Crippen molar-refractivity contribution < 1.29 is 14.6 Å². The van der Waals surface area contributed by atoms with Gasteiger partial charge >= 0.3 is 0 Å². The summed E-state index contributed by atoms with van der Waals surface area (Å²) in [5.41, 5.74) is 1.11. The highest BCUT2D eigenvalue weighted by Crippen LogP contribution is 2.38. The Morgan fingerprint density at radius 1 is 1.39 bits per heavy atom. The molecule has 0 fully saturated rings. The van der Waals surface area contributed by atoms with Crippen LogP contribution in [0.15, 0.2) is 23.3 Å². The highest BCUT2D eigenvalue weighted by Gasteiger charge is 2.35. The van der Waals surface area contributed by atoms with Gasteiger partial charge in [-0.05, 0) is 24.3 Å².